The Morgan fingerprint density at radius 3 is 2.58 bits per heavy atom. The molecule has 1 N–H and O–H groups in total. The van der Waals surface area contributed by atoms with Crippen molar-refractivity contribution in [2.75, 3.05) is 0 Å². The fourth-order valence-corrected chi connectivity index (χ4v) is 4.29. The molecule has 1 aliphatic carbocycles. The van der Waals surface area contributed by atoms with E-state index in [4.69, 9.17) is 0 Å². The van der Waals surface area contributed by atoms with E-state index in [0.29, 0.717) is 5.56 Å². The molecule has 0 saturated heterocycles. The third-order valence-corrected chi connectivity index (χ3v) is 5.87. The van der Waals surface area contributed by atoms with Gasteiger partial charge in [-0.2, -0.15) is 0 Å². The van der Waals surface area contributed by atoms with Crippen molar-refractivity contribution in [3.05, 3.63) is 50.3 Å². The average molecular weight is 345 g/mol. The van der Waals surface area contributed by atoms with Gasteiger partial charge < -0.3 is 9.88 Å². The van der Waals surface area contributed by atoms with Gasteiger partial charge in [0.2, 0.25) is 0 Å². The van der Waals surface area contributed by atoms with Crippen molar-refractivity contribution in [1.82, 2.24) is 14.9 Å². The highest BCUT2D eigenvalue weighted by molar-refractivity contribution is 7.09. The number of pyridine rings is 1. The maximum atomic E-state index is 12.8. The van der Waals surface area contributed by atoms with Crippen LogP contribution in [0.4, 0.5) is 0 Å². The zero-order chi connectivity index (χ0) is 17.2. The average Bonchev–Trinajstić information content (AvgIpc) is 2.86. The molecule has 0 aliphatic heterocycles. The van der Waals surface area contributed by atoms with E-state index in [1.165, 1.54) is 23.5 Å². The van der Waals surface area contributed by atoms with Crippen molar-refractivity contribution < 1.29 is 4.79 Å². The zero-order valence-corrected chi connectivity index (χ0v) is 15.0. The number of hydrogen-bond acceptors (Lipinski definition) is 4. The van der Waals surface area contributed by atoms with Crippen molar-refractivity contribution in [2.45, 2.75) is 51.0 Å². The van der Waals surface area contributed by atoms with Crippen LogP contribution < -0.4 is 10.9 Å². The second-order valence-corrected chi connectivity index (χ2v) is 7.47. The van der Waals surface area contributed by atoms with Gasteiger partial charge in [-0.25, -0.2) is 4.98 Å². The Morgan fingerprint density at radius 2 is 2.00 bits per heavy atom. The van der Waals surface area contributed by atoms with Crippen LogP contribution in [-0.4, -0.2) is 15.5 Å². The molecule has 5 nitrogen and oxygen atoms in total. The predicted molar refractivity (Wildman–Crippen MR) is 95.4 cm³/mol. The van der Waals surface area contributed by atoms with Crippen molar-refractivity contribution >= 4 is 17.2 Å². The predicted octanol–water partition coefficient (Wildman–Crippen LogP) is 3.13. The number of carbonyl (C=O) groups is 1. The van der Waals surface area contributed by atoms with Gasteiger partial charge in [0.25, 0.3) is 11.5 Å². The van der Waals surface area contributed by atoms with Crippen LogP contribution in [0, 0.1) is 6.92 Å². The molecule has 0 spiro atoms. The molecule has 2 aromatic heterocycles. The fourth-order valence-electron chi connectivity index (χ4n) is 3.28. The Bertz CT molecular complexity index is 786. The van der Waals surface area contributed by atoms with E-state index in [1.807, 2.05) is 12.3 Å². The topological polar surface area (TPSA) is 64.0 Å². The van der Waals surface area contributed by atoms with Crippen LogP contribution in [0.5, 0.6) is 0 Å². The van der Waals surface area contributed by atoms with Crippen molar-refractivity contribution in [3.8, 4) is 0 Å². The van der Waals surface area contributed by atoms with E-state index < -0.39 is 5.54 Å². The summed E-state index contributed by atoms with van der Waals surface area (Å²) < 4.78 is 1.46. The summed E-state index contributed by atoms with van der Waals surface area (Å²) >= 11 is 1.62. The lowest BCUT2D eigenvalue weighted by Crippen LogP contribution is -2.46. The lowest BCUT2D eigenvalue weighted by atomic mass is 9.90. The normalized spacial score (nSPS) is 17.2. The van der Waals surface area contributed by atoms with E-state index in [-0.39, 0.29) is 11.5 Å². The van der Waals surface area contributed by atoms with Crippen molar-refractivity contribution in [2.24, 2.45) is 7.05 Å². The first kappa shape index (κ1) is 16.9. The molecule has 128 valence electrons. The van der Waals surface area contributed by atoms with Gasteiger partial charge in [-0.1, -0.05) is 25.7 Å². The second-order valence-electron chi connectivity index (χ2n) is 6.61. The molecule has 3 rings (SSSR count). The Hall–Kier alpha value is -1.95. The first-order valence-corrected chi connectivity index (χ1v) is 9.30. The minimum atomic E-state index is -0.409. The van der Waals surface area contributed by atoms with E-state index in [1.54, 1.807) is 30.6 Å². The van der Waals surface area contributed by atoms with Crippen LogP contribution in [0.25, 0.3) is 0 Å². The van der Waals surface area contributed by atoms with E-state index in [2.05, 4.69) is 10.3 Å². The van der Waals surface area contributed by atoms with E-state index >= 15 is 0 Å². The summed E-state index contributed by atoms with van der Waals surface area (Å²) in [5, 5.41) is 6.25. The maximum absolute atomic E-state index is 12.8. The molecular weight excluding hydrogens is 322 g/mol. The Kier molecular flexibility index (Phi) is 4.85. The number of aryl methyl sites for hydroxylation is 2. The summed E-state index contributed by atoms with van der Waals surface area (Å²) in [7, 11) is 1.68. The summed E-state index contributed by atoms with van der Waals surface area (Å²) in [5.41, 5.74) is 0.812. The molecule has 1 saturated carbocycles. The lowest BCUT2D eigenvalue weighted by Gasteiger charge is -2.32. The van der Waals surface area contributed by atoms with Gasteiger partial charge >= 0.3 is 0 Å². The number of rotatable bonds is 3. The van der Waals surface area contributed by atoms with E-state index in [0.717, 1.165) is 36.4 Å². The van der Waals surface area contributed by atoms with Crippen LogP contribution in [-0.2, 0) is 12.6 Å². The summed E-state index contributed by atoms with van der Waals surface area (Å²) in [6.45, 7) is 1.98. The Morgan fingerprint density at radius 1 is 1.29 bits per heavy atom. The number of nitrogens with zero attached hydrogens (tertiary/aromatic N) is 2. The molecular formula is C18H23N3O2S. The van der Waals surface area contributed by atoms with Gasteiger partial charge in [0.05, 0.1) is 5.54 Å². The summed E-state index contributed by atoms with van der Waals surface area (Å²) in [6.07, 6.45) is 7.96. The first-order chi connectivity index (χ1) is 11.5. The molecule has 2 aromatic rings. The quantitative estimate of drug-likeness (QED) is 0.869. The second kappa shape index (κ2) is 6.89. The molecule has 1 amide bonds. The Labute approximate surface area is 145 Å². The van der Waals surface area contributed by atoms with Gasteiger partial charge in [0, 0.05) is 35.9 Å². The highest BCUT2D eigenvalue weighted by atomic mass is 32.1. The van der Waals surface area contributed by atoms with Crippen LogP contribution in [0.1, 0.15) is 59.6 Å². The molecule has 6 heteroatoms. The molecule has 0 unspecified atom stereocenters. The van der Waals surface area contributed by atoms with Crippen molar-refractivity contribution in [3.63, 3.8) is 0 Å². The first-order valence-electron chi connectivity index (χ1n) is 8.42. The van der Waals surface area contributed by atoms with Gasteiger partial charge in [-0.15, -0.1) is 11.3 Å². The van der Waals surface area contributed by atoms with Gasteiger partial charge in [-0.3, -0.25) is 9.59 Å². The number of hydrogen-bond donors (Lipinski definition) is 1. The van der Waals surface area contributed by atoms with Crippen molar-refractivity contribution in [1.29, 1.82) is 0 Å². The molecule has 0 bridgehead atoms. The monoisotopic (exact) mass is 345 g/mol. The lowest BCUT2D eigenvalue weighted by molar-refractivity contribution is 0.0884. The maximum Gasteiger partial charge on any atom is 0.252 e. The minimum absolute atomic E-state index is 0.178. The third-order valence-electron chi connectivity index (χ3n) is 4.70. The minimum Gasteiger partial charge on any atom is -0.340 e. The zero-order valence-electron chi connectivity index (χ0n) is 14.2. The molecule has 2 heterocycles. The standard InChI is InChI=1S/C18H23N3O2S/c1-13-12-24-17(19-13)18(8-5-3-4-6-9-18)20-16(23)14-7-10-21(2)15(22)11-14/h7,10-12H,3-6,8-9H2,1-2H3,(H,20,23). The van der Waals surface area contributed by atoms with E-state index in [9.17, 15) is 9.59 Å². The van der Waals surface area contributed by atoms with Crippen LogP contribution in [0.3, 0.4) is 0 Å². The molecule has 1 aliphatic rings. The number of nitrogens with one attached hydrogen (secondary N) is 1. The highest BCUT2D eigenvalue weighted by Crippen LogP contribution is 2.37. The molecule has 0 atom stereocenters. The van der Waals surface area contributed by atoms with Crippen LogP contribution >= 0.6 is 11.3 Å². The summed E-state index contributed by atoms with van der Waals surface area (Å²) in [6, 6.07) is 3.08. The number of carbonyl (C=O) groups excluding carboxylic acids is 1. The summed E-state index contributed by atoms with van der Waals surface area (Å²) in [5.74, 6) is -0.192. The van der Waals surface area contributed by atoms with Crippen LogP contribution in [0.15, 0.2) is 28.5 Å². The molecule has 0 radical (unpaired) electrons. The number of aromatic nitrogens is 2. The van der Waals surface area contributed by atoms with Crippen LogP contribution in [0.2, 0.25) is 0 Å². The number of amides is 1. The largest absolute Gasteiger partial charge is 0.340 e. The number of thiazole rings is 1. The molecule has 1 fully saturated rings. The molecule has 0 aromatic carbocycles. The smallest absolute Gasteiger partial charge is 0.252 e. The van der Waals surface area contributed by atoms with Gasteiger partial charge in [-0.05, 0) is 25.8 Å². The Balaban J connectivity index is 1.92. The SMILES string of the molecule is Cc1csc(C2(NC(=O)c3ccn(C)c(=O)c3)CCCCCC2)n1. The fraction of sp³-hybridized carbons (Fsp3) is 0.500. The summed E-state index contributed by atoms with van der Waals surface area (Å²) in [4.78, 5) is 29.3. The third kappa shape index (κ3) is 3.43. The molecule has 24 heavy (non-hydrogen) atoms. The van der Waals surface area contributed by atoms with Gasteiger partial charge in [0.15, 0.2) is 0 Å². The van der Waals surface area contributed by atoms with Gasteiger partial charge in [0.1, 0.15) is 5.01 Å². The highest BCUT2D eigenvalue weighted by Gasteiger charge is 2.37.